The summed E-state index contributed by atoms with van der Waals surface area (Å²) >= 11 is 0. The highest BCUT2D eigenvalue weighted by molar-refractivity contribution is 5.89. The number of nitriles is 2. The number of fused-ring (bicyclic) bond motifs is 1. The number of azo groups is 1. The molecule has 0 heterocycles. The van der Waals surface area contributed by atoms with Gasteiger partial charge in [-0.1, -0.05) is 18.2 Å². The molecule has 0 fully saturated rings. The average Bonchev–Trinajstić information content (AvgIpc) is 2.72. The first-order chi connectivity index (χ1) is 13.5. The Kier molecular flexibility index (Phi) is 5.48. The third-order valence-corrected chi connectivity index (χ3v) is 4.50. The summed E-state index contributed by atoms with van der Waals surface area (Å²) in [6.45, 7) is 1.78. The van der Waals surface area contributed by atoms with Crippen LogP contribution in [0.3, 0.4) is 0 Å². The summed E-state index contributed by atoms with van der Waals surface area (Å²) in [6, 6.07) is 23.4. The molecule has 0 atom stereocenters. The van der Waals surface area contributed by atoms with Gasteiger partial charge in [-0.3, -0.25) is 0 Å². The highest BCUT2D eigenvalue weighted by Crippen LogP contribution is 2.27. The topological polar surface area (TPSA) is 75.5 Å². The molecule has 0 aromatic heterocycles. The molecule has 0 N–H and O–H groups in total. The Labute approximate surface area is 164 Å². The van der Waals surface area contributed by atoms with Crippen molar-refractivity contribution >= 4 is 33.4 Å². The van der Waals surface area contributed by atoms with Gasteiger partial charge in [0.05, 0.1) is 11.4 Å². The van der Waals surface area contributed by atoms with Crippen LogP contribution >= 0.6 is 0 Å². The minimum Gasteiger partial charge on any atom is -0.378 e. The third kappa shape index (κ3) is 4.06. The van der Waals surface area contributed by atoms with Gasteiger partial charge in [-0.15, -0.1) is 0 Å². The second-order valence-corrected chi connectivity index (χ2v) is 6.58. The first kappa shape index (κ1) is 18.8. The molecule has 0 saturated carbocycles. The second kappa shape index (κ2) is 8.16. The standard InChI is InChI=1S/C23H19N5/c1-16(20(14-24)15-25)17-4-5-19-13-22(7-6-18(19)12-17)27-26-21-8-10-23(11-9-21)28(2)3/h4-13H,1-3H3. The van der Waals surface area contributed by atoms with Gasteiger partial charge in [0.1, 0.15) is 17.7 Å². The fourth-order valence-corrected chi connectivity index (χ4v) is 2.80. The highest BCUT2D eigenvalue weighted by Gasteiger charge is 2.05. The fourth-order valence-electron chi connectivity index (χ4n) is 2.80. The largest absolute Gasteiger partial charge is 0.378 e. The van der Waals surface area contributed by atoms with Gasteiger partial charge in [0.15, 0.2) is 0 Å². The maximum Gasteiger partial charge on any atom is 0.133 e. The Morgan fingerprint density at radius 1 is 0.786 bits per heavy atom. The Bertz CT molecular complexity index is 1140. The second-order valence-electron chi connectivity index (χ2n) is 6.58. The molecule has 3 rings (SSSR count). The predicted molar refractivity (Wildman–Crippen MR) is 113 cm³/mol. The van der Waals surface area contributed by atoms with Crippen molar-refractivity contribution in [1.29, 1.82) is 10.5 Å². The Morgan fingerprint density at radius 3 is 2.00 bits per heavy atom. The van der Waals surface area contributed by atoms with Crippen LogP contribution in [0.2, 0.25) is 0 Å². The molecule has 5 heteroatoms. The third-order valence-electron chi connectivity index (χ3n) is 4.50. The zero-order chi connectivity index (χ0) is 20.1. The summed E-state index contributed by atoms with van der Waals surface area (Å²) < 4.78 is 0. The molecule has 136 valence electrons. The Hall–Kier alpha value is -3.96. The van der Waals surface area contributed by atoms with E-state index in [1.54, 1.807) is 6.92 Å². The smallest absolute Gasteiger partial charge is 0.133 e. The van der Waals surface area contributed by atoms with E-state index >= 15 is 0 Å². The lowest BCUT2D eigenvalue weighted by Crippen LogP contribution is -2.07. The summed E-state index contributed by atoms with van der Waals surface area (Å²) in [5.41, 5.74) is 4.34. The summed E-state index contributed by atoms with van der Waals surface area (Å²) in [6.07, 6.45) is 0. The van der Waals surface area contributed by atoms with E-state index in [4.69, 9.17) is 10.5 Å². The molecule has 0 radical (unpaired) electrons. The van der Waals surface area contributed by atoms with Crippen molar-refractivity contribution in [1.82, 2.24) is 0 Å². The van der Waals surface area contributed by atoms with Gasteiger partial charge < -0.3 is 4.90 Å². The molecule has 0 aliphatic carbocycles. The summed E-state index contributed by atoms with van der Waals surface area (Å²) in [5.74, 6) is 0. The quantitative estimate of drug-likeness (QED) is 0.411. The van der Waals surface area contributed by atoms with Crippen LogP contribution in [-0.4, -0.2) is 14.1 Å². The van der Waals surface area contributed by atoms with Crippen LogP contribution in [0, 0.1) is 22.7 Å². The van der Waals surface area contributed by atoms with Crippen molar-refractivity contribution in [3.05, 3.63) is 71.8 Å². The number of hydrogen-bond donors (Lipinski definition) is 0. The van der Waals surface area contributed by atoms with Gasteiger partial charge in [-0.25, -0.2) is 0 Å². The highest BCUT2D eigenvalue weighted by atomic mass is 15.1. The molecular weight excluding hydrogens is 346 g/mol. The van der Waals surface area contributed by atoms with E-state index in [0.29, 0.717) is 5.57 Å². The molecule has 3 aromatic rings. The van der Waals surface area contributed by atoms with Crippen molar-refractivity contribution in [2.45, 2.75) is 6.92 Å². The van der Waals surface area contributed by atoms with Crippen molar-refractivity contribution < 1.29 is 0 Å². The monoisotopic (exact) mass is 365 g/mol. The zero-order valence-electron chi connectivity index (χ0n) is 16.0. The maximum absolute atomic E-state index is 9.05. The Morgan fingerprint density at radius 2 is 1.36 bits per heavy atom. The Balaban J connectivity index is 1.87. The van der Waals surface area contributed by atoms with Gasteiger partial charge in [0, 0.05) is 19.8 Å². The summed E-state index contributed by atoms with van der Waals surface area (Å²) in [7, 11) is 3.99. The van der Waals surface area contributed by atoms with Crippen molar-refractivity contribution in [2.75, 3.05) is 19.0 Å². The number of nitrogens with zero attached hydrogens (tertiary/aromatic N) is 5. The predicted octanol–water partition coefficient (Wildman–Crippen LogP) is 6.14. The lowest BCUT2D eigenvalue weighted by Gasteiger charge is -2.11. The van der Waals surface area contributed by atoms with Crippen LogP contribution in [0.1, 0.15) is 12.5 Å². The van der Waals surface area contributed by atoms with Crippen molar-refractivity contribution in [2.24, 2.45) is 10.2 Å². The van der Waals surface area contributed by atoms with E-state index in [-0.39, 0.29) is 5.57 Å². The maximum atomic E-state index is 9.05. The van der Waals surface area contributed by atoms with E-state index in [9.17, 15) is 0 Å². The van der Waals surface area contributed by atoms with E-state index in [1.165, 1.54) is 0 Å². The van der Waals surface area contributed by atoms with Crippen LogP contribution < -0.4 is 4.90 Å². The minimum absolute atomic E-state index is 0.130. The number of hydrogen-bond acceptors (Lipinski definition) is 5. The lowest BCUT2D eigenvalue weighted by molar-refractivity contribution is 1.13. The van der Waals surface area contributed by atoms with Crippen LogP contribution in [0.15, 0.2) is 76.5 Å². The lowest BCUT2D eigenvalue weighted by atomic mass is 9.99. The molecule has 28 heavy (non-hydrogen) atoms. The van der Waals surface area contributed by atoms with Crippen LogP contribution in [0.4, 0.5) is 17.1 Å². The number of benzene rings is 3. The van der Waals surface area contributed by atoms with E-state index in [2.05, 4.69) is 10.2 Å². The number of rotatable bonds is 4. The first-order valence-electron chi connectivity index (χ1n) is 8.76. The molecule has 0 saturated heterocycles. The molecule has 5 nitrogen and oxygen atoms in total. The van der Waals surface area contributed by atoms with Crippen LogP contribution in [0.5, 0.6) is 0 Å². The van der Waals surface area contributed by atoms with Gasteiger partial charge >= 0.3 is 0 Å². The molecular formula is C23H19N5. The molecule has 0 unspecified atom stereocenters. The van der Waals surface area contributed by atoms with Gasteiger partial charge in [-0.05, 0) is 71.3 Å². The normalized spacial score (nSPS) is 10.5. The van der Waals surface area contributed by atoms with E-state index in [1.807, 2.05) is 91.8 Å². The van der Waals surface area contributed by atoms with E-state index in [0.717, 1.165) is 33.4 Å². The van der Waals surface area contributed by atoms with Gasteiger partial charge in [0.2, 0.25) is 0 Å². The average molecular weight is 365 g/mol. The summed E-state index contributed by atoms with van der Waals surface area (Å²) in [4.78, 5) is 2.03. The van der Waals surface area contributed by atoms with Crippen LogP contribution in [0.25, 0.3) is 16.3 Å². The minimum atomic E-state index is 0.130. The SMILES string of the molecule is CC(=C(C#N)C#N)c1ccc2cc(N=Nc3ccc(N(C)C)cc3)ccc2c1. The number of anilines is 1. The van der Waals surface area contributed by atoms with Gasteiger partial charge in [0.25, 0.3) is 0 Å². The molecule has 0 amide bonds. The van der Waals surface area contributed by atoms with Gasteiger partial charge in [-0.2, -0.15) is 20.8 Å². The van der Waals surface area contributed by atoms with E-state index < -0.39 is 0 Å². The van der Waals surface area contributed by atoms with Crippen LogP contribution in [-0.2, 0) is 0 Å². The van der Waals surface area contributed by atoms with Crippen molar-refractivity contribution in [3.63, 3.8) is 0 Å². The molecule has 0 aliphatic heterocycles. The molecule has 0 bridgehead atoms. The number of allylic oxidation sites excluding steroid dienone is 2. The van der Waals surface area contributed by atoms with Crippen molar-refractivity contribution in [3.8, 4) is 12.1 Å². The fraction of sp³-hybridized carbons (Fsp3) is 0.130. The zero-order valence-corrected chi connectivity index (χ0v) is 16.0. The first-order valence-corrected chi connectivity index (χ1v) is 8.76. The molecule has 0 aliphatic rings. The summed E-state index contributed by atoms with van der Waals surface area (Å²) in [5, 5.41) is 28.8. The molecule has 3 aromatic carbocycles. The molecule has 0 spiro atoms.